The highest BCUT2D eigenvalue weighted by atomic mass is 32.2. The largest absolute Gasteiger partial charge is 0.477 e. The fraction of sp³-hybridized carbons (Fsp3) is 0.375. The highest BCUT2D eigenvalue weighted by Crippen LogP contribution is 2.51. The molecule has 0 radical (unpaired) electrons. The van der Waals surface area contributed by atoms with Gasteiger partial charge in [0.2, 0.25) is 5.91 Å². The first-order chi connectivity index (χ1) is 10.4. The van der Waals surface area contributed by atoms with E-state index >= 15 is 0 Å². The van der Waals surface area contributed by atoms with E-state index in [1.807, 2.05) is 37.3 Å². The van der Waals surface area contributed by atoms with Crippen molar-refractivity contribution < 1.29 is 19.8 Å². The van der Waals surface area contributed by atoms with Crippen LogP contribution in [0.3, 0.4) is 0 Å². The van der Waals surface area contributed by atoms with Gasteiger partial charge in [0.25, 0.3) is 0 Å². The number of carboxylic acids is 1. The molecule has 0 spiro atoms. The number of aliphatic hydroxyl groups is 1. The Balaban J connectivity index is 1.97. The van der Waals surface area contributed by atoms with Crippen LogP contribution >= 0.6 is 11.8 Å². The fourth-order valence-electron chi connectivity index (χ4n) is 3.27. The third kappa shape index (κ3) is 2.14. The number of aliphatic hydroxyl groups excluding tert-OH is 1. The molecule has 116 valence electrons. The highest BCUT2D eigenvalue weighted by Gasteiger charge is 2.60. The molecule has 2 N–H and O–H groups in total. The van der Waals surface area contributed by atoms with Gasteiger partial charge in [-0.3, -0.25) is 4.79 Å². The number of nitrogens with zero attached hydrogens (tertiary/aromatic N) is 1. The smallest absolute Gasteiger partial charge is 0.353 e. The van der Waals surface area contributed by atoms with E-state index in [9.17, 15) is 19.8 Å². The predicted octanol–water partition coefficient (Wildman–Crippen LogP) is 1.93. The molecule has 1 fully saturated rings. The van der Waals surface area contributed by atoms with Crippen LogP contribution in [0.2, 0.25) is 0 Å². The van der Waals surface area contributed by atoms with Gasteiger partial charge >= 0.3 is 5.97 Å². The number of carbonyl (C=O) groups excluding carboxylic acids is 1. The Labute approximate surface area is 132 Å². The molecule has 0 unspecified atom stereocenters. The molecule has 0 aromatic heterocycles. The number of amides is 1. The van der Waals surface area contributed by atoms with Crippen molar-refractivity contribution in [2.45, 2.75) is 30.9 Å². The van der Waals surface area contributed by atoms with Crippen LogP contribution in [0.15, 0.2) is 45.8 Å². The van der Waals surface area contributed by atoms with Gasteiger partial charge in [0.05, 0.1) is 18.1 Å². The standard InChI is InChI=1S/C16H17NO4S/c1-8-12-11(9(2)18)15(19)17(12)13(16(20)21)14(8)22-10-6-4-3-5-7-10/h3-9,11-12,18H,1-2H3,(H,20,21)/t8-,9-,11-,12-/m1/s1. The van der Waals surface area contributed by atoms with Crippen LogP contribution in [0.4, 0.5) is 0 Å². The van der Waals surface area contributed by atoms with E-state index < -0.39 is 18.0 Å². The molecule has 2 aliphatic heterocycles. The van der Waals surface area contributed by atoms with Crippen molar-refractivity contribution >= 4 is 23.6 Å². The molecule has 0 bridgehead atoms. The highest BCUT2D eigenvalue weighted by molar-refractivity contribution is 8.03. The van der Waals surface area contributed by atoms with Crippen molar-refractivity contribution in [2.75, 3.05) is 0 Å². The molecular formula is C16H17NO4S. The first-order valence-electron chi connectivity index (χ1n) is 7.15. The quantitative estimate of drug-likeness (QED) is 0.829. The van der Waals surface area contributed by atoms with Crippen LogP contribution in [0, 0.1) is 11.8 Å². The molecule has 1 aromatic rings. The number of carboxylic acid groups (broad SMARTS) is 1. The van der Waals surface area contributed by atoms with Crippen LogP contribution in [0.5, 0.6) is 0 Å². The Morgan fingerprint density at radius 1 is 1.32 bits per heavy atom. The summed E-state index contributed by atoms with van der Waals surface area (Å²) in [5.41, 5.74) is 0.0632. The number of hydrogen-bond acceptors (Lipinski definition) is 4. The van der Waals surface area contributed by atoms with Crippen molar-refractivity contribution in [1.82, 2.24) is 4.90 Å². The Morgan fingerprint density at radius 2 is 1.95 bits per heavy atom. The maximum absolute atomic E-state index is 12.2. The molecular weight excluding hydrogens is 302 g/mol. The lowest BCUT2D eigenvalue weighted by Gasteiger charge is -2.46. The Morgan fingerprint density at radius 3 is 2.50 bits per heavy atom. The lowest BCUT2D eigenvalue weighted by Crippen LogP contribution is -2.63. The number of hydrogen-bond donors (Lipinski definition) is 2. The van der Waals surface area contributed by atoms with Gasteiger partial charge in [-0.05, 0) is 19.1 Å². The van der Waals surface area contributed by atoms with Gasteiger partial charge in [-0.2, -0.15) is 0 Å². The van der Waals surface area contributed by atoms with Crippen molar-refractivity contribution in [3.05, 3.63) is 40.9 Å². The van der Waals surface area contributed by atoms with E-state index in [2.05, 4.69) is 0 Å². The van der Waals surface area contributed by atoms with E-state index in [1.54, 1.807) is 6.92 Å². The molecule has 22 heavy (non-hydrogen) atoms. The van der Waals surface area contributed by atoms with E-state index in [0.717, 1.165) is 4.90 Å². The number of rotatable bonds is 4. The molecule has 3 rings (SSSR count). The van der Waals surface area contributed by atoms with Crippen LogP contribution in [0.1, 0.15) is 13.8 Å². The zero-order valence-electron chi connectivity index (χ0n) is 12.3. The van der Waals surface area contributed by atoms with Crippen molar-refractivity contribution in [3.63, 3.8) is 0 Å². The minimum atomic E-state index is -1.09. The summed E-state index contributed by atoms with van der Waals surface area (Å²) in [6, 6.07) is 9.24. The molecule has 0 saturated carbocycles. The molecule has 4 atom stereocenters. The second-order valence-electron chi connectivity index (χ2n) is 5.69. The summed E-state index contributed by atoms with van der Waals surface area (Å²) in [4.78, 5) is 26.8. The summed E-state index contributed by atoms with van der Waals surface area (Å²) >= 11 is 1.38. The summed E-state index contributed by atoms with van der Waals surface area (Å²) in [5.74, 6) is -2.01. The lowest BCUT2D eigenvalue weighted by molar-refractivity contribution is -0.163. The van der Waals surface area contributed by atoms with Gasteiger partial charge in [0, 0.05) is 15.7 Å². The van der Waals surface area contributed by atoms with Gasteiger partial charge in [-0.1, -0.05) is 36.9 Å². The molecule has 0 aliphatic carbocycles. The second kappa shape index (κ2) is 5.44. The first kappa shape index (κ1) is 15.1. The maximum Gasteiger partial charge on any atom is 0.353 e. The maximum atomic E-state index is 12.2. The van der Waals surface area contributed by atoms with E-state index in [0.29, 0.717) is 4.91 Å². The van der Waals surface area contributed by atoms with E-state index in [-0.39, 0.29) is 23.6 Å². The van der Waals surface area contributed by atoms with Crippen molar-refractivity contribution in [2.24, 2.45) is 11.8 Å². The van der Waals surface area contributed by atoms with E-state index in [4.69, 9.17) is 0 Å². The molecule has 2 aliphatic rings. The topological polar surface area (TPSA) is 77.8 Å². The zero-order chi connectivity index (χ0) is 16.0. The van der Waals surface area contributed by atoms with Crippen LogP contribution in [0.25, 0.3) is 0 Å². The van der Waals surface area contributed by atoms with Gasteiger partial charge < -0.3 is 15.1 Å². The van der Waals surface area contributed by atoms with Crippen molar-refractivity contribution in [3.8, 4) is 0 Å². The monoisotopic (exact) mass is 319 g/mol. The normalized spacial score (nSPS) is 28.4. The number of benzene rings is 1. The summed E-state index contributed by atoms with van der Waals surface area (Å²) in [5, 5.41) is 19.3. The summed E-state index contributed by atoms with van der Waals surface area (Å²) in [7, 11) is 0. The Hall–Kier alpha value is -1.79. The molecule has 6 heteroatoms. The molecule has 1 amide bonds. The number of fused-ring (bicyclic) bond motifs is 1. The summed E-state index contributed by atoms with van der Waals surface area (Å²) in [6.45, 7) is 3.50. The third-order valence-corrected chi connectivity index (χ3v) is 5.58. The van der Waals surface area contributed by atoms with Crippen LogP contribution < -0.4 is 0 Å². The minimum Gasteiger partial charge on any atom is -0.477 e. The SMILES string of the molecule is C[C@@H](O)[C@H]1C(=O)N2C(C(=O)O)=C(Sc3ccccc3)[C@H](C)[C@H]12. The average Bonchev–Trinajstić information content (AvgIpc) is 2.70. The van der Waals surface area contributed by atoms with E-state index in [1.165, 1.54) is 16.7 Å². The lowest BCUT2D eigenvalue weighted by atomic mass is 9.79. The number of aliphatic carboxylic acids is 1. The Kier molecular flexibility index (Phi) is 3.74. The second-order valence-corrected chi connectivity index (χ2v) is 6.80. The molecule has 5 nitrogen and oxygen atoms in total. The van der Waals surface area contributed by atoms with Gasteiger partial charge in [-0.25, -0.2) is 4.79 Å². The predicted molar refractivity (Wildman–Crippen MR) is 81.9 cm³/mol. The first-order valence-corrected chi connectivity index (χ1v) is 7.96. The average molecular weight is 319 g/mol. The fourth-order valence-corrected chi connectivity index (χ4v) is 4.43. The third-order valence-electron chi connectivity index (χ3n) is 4.28. The van der Waals surface area contributed by atoms with Crippen molar-refractivity contribution in [1.29, 1.82) is 0 Å². The zero-order valence-corrected chi connectivity index (χ0v) is 13.1. The van der Waals surface area contributed by atoms with Gasteiger partial charge in [0.15, 0.2) is 0 Å². The summed E-state index contributed by atoms with van der Waals surface area (Å²) in [6.07, 6.45) is -0.771. The molecule has 1 saturated heterocycles. The van der Waals surface area contributed by atoms with Crippen LogP contribution in [-0.2, 0) is 9.59 Å². The van der Waals surface area contributed by atoms with Crippen LogP contribution in [-0.4, -0.2) is 39.1 Å². The number of thioether (sulfide) groups is 1. The summed E-state index contributed by atoms with van der Waals surface area (Å²) < 4.78 is 0. The molecule has 2 heterocycles. The van der Waals surface area contributed by atoms with Gasteiger partial charge in [0.1, 0.15) is 5.70 Å². The number of β-lactam (4-membered cyclic amide) rings is 1. The number of carbonyl (C=O) groups is 2. The molecule has 1 aromatic carbocycles. The Bertz CT molecular complexity index is 655. The minimum absolute atomic E-state index is 0.0632. The van der Waals surface area contributed by atoms with Gasteiger partial charge in [-0.15, -0.1) is 0 Å².